The summed E-state index contributed by atoms with van der Waals surface area (Å²) in [6.45, 7) is 0.391. The molecule has 0 fully saturated rings. The average Bonchev–Trinajstić information content (AvgIpc) is 3.25. The van der Waals surface area contributed by atoms with E-state index in [2.05, 4.69) is 10.6 Å². The molecule has 2 aromatic carbocycles. The van der Waals surface area contributed by atoms with Crippen molar-refractivity contribution in [1.29, 1.82) is 0 Å². The molecule has 0 bridgehead atoms. The van der Waals surface area contributed by atoms with Crippen LogP contribution in [0, 0.1) is 0 Å². The van der Waals surface area contributed by atoms with Crippen LogP contribution in [-0.4, -0.2) is 24.0 Å². The highest BCUT2D eigenvalue weighted by atomic mass is 32.1. The number of imide groups is 1. The van der Waals surface area contributed by atoms with Crippen LogP contribution >= 0.6 is 11.3 Å². The number of fused-ring (bicyclic) bond motifs is 1. The number of ether oxygens (including phenoxy) is 1. The van der Waals surface area contributed by atoms with Gasteiger partial charge < -0.3 is 15.2 Å². The number of benzene rings is 2. The first kappa shape index (κ1) is 18.8. The maximum Gasteiger partial charge on any atom is 0.260 e. The highest BCUT2D eigenvalue weighted by molar-refractivity contribution is 7.08. The Morgan fingerprint density at radius 1 is 1.07 bits per heavy atom. The van der Waals surface area contributed by atoms with Gasteiger partial charge in [-0.15, -0.1) is 0 Å². The lowest BCUT2D eigenvalue weighted by molar-refractivity contribution is -0.114. The van der Waals surface area contributed by atoms with E-state index in [1.54, 1.807) is 35.7 Å². The molecule has 29 heavy (non-hydrogen) atoms. The lowest BCUT2D eigenvalue weighted by atomic mass is 9.92. The molecule has 0 radical (unpaired) electrons. The van der Waals surface area contributed by atoms with Gasteiger partial charge in [0.1, 0.15) is 0 Å². The molecule has 3 N–H and O–H groups in total. The fourth-order valence-electron chi connectivity index (χ4n) is 3.19. The second-order valence-electron chi connectivity index (χ2n) is 6.50. The molecule has 0 saturated carbocycles. The second kappa shape index (κ2) is 7.81. The standard InChI is InChI=1S/C22H18N2O4S/c1-28-20-5-2-13(8-19(20)25)10-23-11-18-17-9-14(15-6-7-29-12-15)3-4-16(17)21(26)24-22(18)27/h2-9,11-12,23,25H,10H2,1H3,(H,24,26,27). The van der Waals surface area contributed by atoms with Gasteiger partial charge in [0.15, 0.2) is 11.5 Å². The number of methoxy groups -OCH3 is 1. The highest BCUT2D eigenvalue weighted by Gasteiger charge is 2.27. The average molecular weight is 406 g/mol. The second-order valence-corrected chi connectivity index (χ2v) is 7.28. The number of nitrogens with one attached hydrogen (secondary N) is 2. The molecule has 0 atom stereocenters. The molecule has 0 spiro atoms. The zero-order valence-electron chi connectivity index (χ0n) is 15.6. The smallest absolute Gasteiger partial charge is 0.260 e. The van der Waals surface area contributed by atoms with Gasteiger partial charge in [-0.05, 0) is 57.8 Å². The highest BCUT2D eigenvalue weighted by Crippen LogP contribution is 2.30. The summed E-state index contributed by atoms with van der Waals surface area (Å²) >= 11 is 1.59. The number of phenolic OH excluding ortho intramolecular Hbond substituents is 1. The maximum absolute atomic E-state index is 12.5. The minimum absolute atomic E-state index is 0.0474. The van der Waals surface area contributed by atoms with Crippen molar-refractivity contribution in [1.82, 2.24) is 10.6 Å². The third-order valence-corrected chi connectivity index (χ3v) is 5.36. The molecule has 0 saturated heterocycles. The van der Waals surface area contributed by atoms with Crippen LogP contribution in [-0.2, 0) is 11.3 Å². The van der Waals surface area contributed by atoms with Crippen LogP contribution < -0.4 is 15.4 Å². The number of hydrogen-bond acceptors (Lipinski definition) is 6. The predicted molar refractivity (Wildman–Crippen MR) is 112 cm³/mol. The van der Waals surface area contributed by atoms with E-state index < -0.39 is 11.8 Å². The van der Waals surface area contributed by atoms with E-state index in [9.17, 15) is 14.7 Å². The molecule has 2 heterocycles. The number of amides is 2. The Morgan fingerprint density at radius 2 is 1.93 bits per heavy atom. The number of aromatic hydroxyl groups is 1. The number of rotatable bonds is 5. The van der Waals surface area contributed by atoms with Gasteiger partial charge in [0.2, 0.25) is 0 Å². The summed E-state index contributed by atoms with van der Waals surface area (Å²) in [5, 5.41) is 19.4. The van der Waals surface area contributed by atoms with Crippen molar-refractivity contribution in [2.24, 2.45) is 0 Å². The fourth-order valence-corrected chi connectivity index (χ4v) is 3.86. The van der Waals surface area contributed by atoms with E-state index in [0.29, 0.717) is 29.0 Å². The van der Waals surface area contributed by atoms with Crippen molar-refractivity contribution < 1.29 is 19.4 Å². The van der Waals surface area contributed by atoms with Gasteiger partial charge in [0.05, 0.1) is 12.7 Å². The number of hydrogen-bond donors (Lipinski definition) is 3. The van der Waals surface area contributed by atoms with Gasteiger partial charge in [-0.1, -0.05) is 12.1 Å². The molecule has 0 aliphatic carbocycles. The van der Waals surface area contributed by atoms with Crippen molar-refractivity contribution in [3.63, 3.8) is 0 Å². The first-order valence-corrected chi connectivity index (χ1v) is 9.83. The predicted octanol–water partition coefficient (Wildman–Crippen LogP) is 3.53. The first-order valence-electron chi connectivity index (χ1n) is 8.89. The van der Waals surface area contributed by atoms with Crippen LogP contribution in [0.5, 0.6) is 11.5 Å². The Morgan fingerprint density at radius 3 is 2.66 bits per heavy atom. The zero-order chi connectivity index (χ0) is 20.4. The largest absolute Gasteiger partial charge is 0.504 e. The molecule has 3 aromatic rings. The van der Waals surface area contributed by atoms with Gasteiger partial charge in [-0.2, -0.15) is 11.3 Å². The molecule has 6 nitrogen and oxygen atoms in total. The summed E-state index contributed by atoms with van der Waals surface area (Å²) < 4.78 is 5.04. The normalized spacial score (nSPS) is 14.4. The minimum atomic E-state index is -0.449. The molecule has 0 unspecified atom stereocenters. The molecular weight excluding hydrogens is 388 g/mol. The van der Waals surface area contributed by atoms with E-state index in [1.807, 2.05) is 35.0 Å². The lowest BCUT2D eigenvalue weighted by Gasteiger charge is -2.19. The Labute approximate surface area is 171 Å². The Hall–Kier alpha value is -3.58. The fraction of sp³-hybridized carbons (Fsp3) is 0.0909. The van der Waals surface area contributed by atoms with Crippen molar-refractivity contribution in [2.75, 3.05) is 7.11 Å². The third-order valence-electron chi connectivity index (χ3n) is 4.68. The van der Waals surface area contributed by atoms with E-state index in [4.69, 9.17) is 4.74 Å². The zero-order valence-corrected chi connectivity index (χ0v) is 16.4. The van der Waals surface area contributed by atoms with E-state index in [-0.39, 0.29) is 5.75 Å². The molecule has 1 aliphatic heterocycles. The van der Waals surface area contributed by atoms with Crippen LogP contribution in [0.2, 0.25) is 0 Å². The van der Waals surface area contributed by atoms with E-state index in [1.165, 1.54) is 7.11 Å². The molecular formula is C22H18N2O4S. The molecule has 1 aliphatic rings. The summed E-state index contributed by atoms with van der Waals surface area (Å²) in [7, 11) is 1.49. The maximum atomic E-state index is 12.5. The monoisotopic (exact) mass is 406 g/mol. The Bertz CT molecular complexity index is 1120. The summed E-state index contributed by atoms with van der Waals surface area (Å²) in [4.78, 5) is 24.7. The van der Waals surface area contributed by atoms with Gasteiger partial charge in [-0.25, -0.2) is 0 Å². The van der Waals surface area contributed by atoms with Gasteiger partial charge in [-0.3, -0.25) is 14.9 Å². The summed E-state index contributed by atoms with van der Waals surface area (Å²) in [5.41, 5.74) is 4.23. The van der Waals surface area contributed by atoms with Crippen LogP contribution in [0.4, 0.5) is 0 Å². The van der Waals surface area contributed by atoms with Crippen LogP contribution in [0.3, 0.4) is 0 Å². The van der Waals surface area contributed by atoms with E-state index >= 15 is 0 Å². The molecule has 146 valence electrons. The summed E-state index contributed by atoms with van der Waals surface area (Å²) in [5.74, 6) is -0.410. The van der Waals surface area contributed by atoms with Gasteiger partial charge in [0, 0.05) is 23.9 Å². The van der Waals surface area contributed by atoms with Crippen LogP contribution in [0.1, 0.15) is 21.5 Å². The van der Waals surface area contributed by atoms with Crippen molar-refractivity contribution in [2.45, 2.75) is 6.54 Å². The topological polar surface area (TPSA) is 87.7 Å². The first-order chi connectivity index (χ1) is 14.1. The van der Waals surface area contributed by atoms with Crippen molar-refractivity contribution in [3.8, 4) is 22.6 Å². The van der Waals surface area contributed by atoms with Crippen LogP contribution in [0.25, 0.3) is 16.7 Å². The molecule has 7 heteroatoms. The minimum Gasteiger partial charge on any atom is -0.504 e. The third kappa shape index (κ3) is 3.72. The molecule has 1 aromatic heterocycles. The molecule has 4 rings (SSSR count). The van der Waals surface area contributed by atoms with Crippen molar-refractivity contribution >= 4 is 28.7 Å². The quantitative estimate of drug-likeness (QED) is 0.446. The molecule has 2 amide bonds. The van der Waals surface area contributed by atoms with Crippen LogP contribution in [0.15, 0.2) is 59.4 Å². The van der Waals surface area contributed by atoms with Crippen molar-refractivity contribution in [3.05, 3.63) is 76.1 Å². The Balaban J connectivity index is 1.62. The van der Waals surface area contributed by atoms with Gasteiger partial charge >= 0.3 is 0 Å². The number of phenols is 1. The van der Waals surface area contributed by atoms with Gasteiger partial charge in [0.25, 0.3) is 11.8 Å². The Kier molecular flexibility index (Phi) is 5.05. The lowest BCUT2D eigenvalue weighted by Crippen LogP contribution is -2.37. The number of carbonyl (C=O) groups excluding carboxylic acids is 2. The summed E-state index contributed by atoms with van der Waals surface area (Å²) in [6, 6.07) is 12.6. The summed E-state index contributed by atoms with van der Waals surface area (Å²) in [6.07, 6.45) is 1.60. The SMILES string of the molecule is COc1ccc(CNC=C2C(=O)NC(=O)c3ccc(-c4ccsc4)cc32)cc1O. The number of thiophene rings is 1. The number of carbonyl (C=O) groups is 2. The van der Waals surface area contributed by atoms with E-state index in [0.717, 1.165) is 16.7 Å².